The van der Waals surface area contributed by atoms with Crippen molar-refractivity contribution in [3.8, 4) is 11.5 Å². The SMILES string of the molecule is CCOC(=O)COc1c(Cl)cc(/C=C2\SC(=O)N(CC(=O)N3CCC(C)CC3)C2=O)cc1OC. The first-order chi connectivity index (χ1) is 16.2. The number of carbonyl (C=O) groups excluding carboxylic acids is 4. The van der Waals surface area contributed by atoms with Crippen molar-refractivity contribution < 1.29 is 33.4 Å². The topological polar surface area (TPSA) is 102 Å². The Kier molecular flexibility index (Phi) is 8.84. The number of amides is 3. The summed E-state index contributed by atoms with van der Waals surface area (Å²) in [7, 11) is 1.41. The first-order valence-electron chi connectivity index (χ1n) is 10.9. The second kappa shape index (κ2) is 11.6. The highest BCUT2D eigenvalue weighted by atomic mass is 35.5. The predicted octanol–water partition coefficient (Wildman–Crippen LogP) is 3.59. The van der Waals surface area contributed by atoms with E-state index in [1.165, 1.54) is 19.3 Å². The molecule has 3 rings (SSSR count). The van der Waals surface area contributed by atoms with Crippen molar-refractivity contribution in [2.75, 3.05) is 40.0 Å². The van der Waals surface area contributed by atoms with Crippen LogP contribution in [0.15, 0.2) is 17.0 Å². The number of thioether (sulfide) groups is 1. The quantitative estimate of drug-likeness (QED) is 0.386. The normalized spacial score (nSPS) is 17.9. The highest BCUT2D eigenvalue weighted by molar-refractivity contribution is 8.18. The summed E-state index contributed by atoms with van der Waals surface area (Å²) < 4.78 is 15.6. The second-order valence-corrected chi connectivity index (χ2v) is 9.36. The smallest absolute Gasteiger partial charge is 0.344 e. The number of nitrogens with zero attached hydrogens (tertiary/aromatic N) is 2. The number of hydrogen-bond acceptors (Lipinski definition) is 8. The third-order valence-electron chi connectivity index (χ3n) is 5.49. The van der Waals surface area contributed by atoms with Crippen LogP contribution < -0.4 is 9.47 Å². The van der Waals surface area contributed by atoms with E-state index >= 15 is 0 Å². The molecule has 2 heterocycles. The van der Waals surface area contributed by atoms with E-state index in [2.05, 4.69) is 6.92 Å². The van der Waals surface area contributed by atoms with Crippen molar-refractivity contribution in [3.63, 3.8) is 0 Å². The summed E-state index contributed by atoms with van der Waals surface area (Å²) in [6.45, 7) is 4.70. The van der Waals surface area contributed by atoms with Gasteiger partial charge in [0, 0.05) is 13.1 Å². The van der Waals surface area contributed by atoms with Gasteiger partial charge in [-0.3, -0.25) is 19.3 Å². The Labute approximate surface area is 207 Å². The van der Waals surface area contributed by atoms with Crippen LogP contribution in [0.25, 0.3) is 6.08 Å². The van der Waals surface area contributed by atoms with E-state index in [-0.39, 0.29) is 47.1 Å². The van der Waals surface area contributed by atoms with Crippen molar-refractivity contribution in [1.29, 1.82) is 0 Å². The lowest BCUT2D eigenvalue weighted by molar-refractivity contribution is -0.145. The summed E-state index contributed by atoms with van der Waals surface area (Å²) in [6, 6.07) is 3.10. The standard InChI is InChI=1S/C23H27ClN2O7S/c1-4-32-20(28)13-33-21-16(24)9-15(10-17(21)31-3)11-18-22(29)26(23(30)34-18)12-19(27)25-7-5-14(2)6-8-25/h9-11,14H,4-8,12-13H2,1-3H3/b18-11-. The molecule has 1 aromatic rings. The molecule has 0 spiro atoms. The van der Waals surface area contributed by atoms with E-state index in [1.54, 1.807) is 17.9 Å². The molecule has 2 aliphatic heterocycles. The number of halogens is 1. The second-order valence-electron chi connectivity index (χ2n) is 7.96. The minimum Gasteiger partial charge on any atom is -0.493 e. The van der Waals surface area contributed by atoms with Gasteiger partial charge in [-0.25, -0.2) is 4.79 Å². The number of rotatable bonds is 8. The van der Waals surface area contributed by atoms with Crippen LogP contribution in [0.1, 0.15) is 32.3 Å². The molecule has 0 N–H and O–H groups in total. The molecular formula is C23H27ClN2O7S. The fourth-order valence-electron chi connectivity index (χ4n) is 3.58. The first kappa shape index (κ1) is 25.9. The number of ether oxygens (including phenoxy) is 3. The highest BCUT2D eigenvalue weighted by Gasteiger charge is 2.37. The number of likely N-dealkylation sites (tertiary alicyclic amines) is 1. The Balaban J connectivity index is 1.72. The van der Waals surface area contributed by atoms with Gasteiger partial charge in [-0.1, -0.05) is 18.5 Å². The van der Waals surface area contributed by atoms with Gasteiger partial charge in [0.25, 0.3) is 11.1 Å². The van der Waals surface area contributed by atoms with E-state index in [4.69, 9.17) is 25.8 Å². The molecule has 0 aliphatic carbocycles. The number of esters is 1. The van der Waals surface area contributed by atoms with Gasteiger partial charge >= 0.3 is 5.97 Å². The van der Waals surface area contributed by atoms with Gasteiger partial charge in [0.2, 0.25) is 5.91 Å². The fraction of sp³-hybridized carbons (Fsp3) is 0.478. The third-order valence-corrected chi connectivity index (χ3v) is 6.68. The molecule has 2 saturated heterocycles. The Bertz CT molecular complexity index is 1010. The minimum absolute atomic E-state index is 0.156. The van der Waals surface area contributed by atoms with E-state index < -0.39 is 17.1 Å². The molecule has 11 heteroatoms. The Morgan fingerprint density at radius 1 is 1.24 bits per heavy atom. The molecule has 34 heavy (non-hydrogen) atoms. The number of imide groups is 1. The molecule has 3 amide bonds. The molecule has 2 fully saturated rings. The van der Waals surface area contributed by atoms with E-state index in [9.17, 15) is 19.2 Å². The lowest BCUT2D eigenvalue weighted by atomic mass is 9.99. The summed E-state index contributed by atoms with van der Waals surface area (Å²) in [5.41, 5.74) is 0.493. The summed E-state index contributed by atoms with van der Waals surface area (Å²) in [6.07, 6.45) is 3.33. The van der Waals surface area contributed by atoms with Crippen LogP contribution in [0.2, 0.25) is 5.02 Å². The van der Waals surface area contributed by atoms with Crippen LogP contribution in [0.4, 0.5) is 4.79 Å². The average molecular weight is 511 g/mol. The molecular weight excluding hydrogens is 484 g/mol. The molecule has 0 radical (unpaired) electrons. The van der Waals surface area contributed by atoms with Crippen LogP contribution >= 0.6 is 23.4 Å². The zero-order chi connectivity index (χ0) is 24.8. The van der Waals surface area contributed by atoms with Crippen molar-refractivity contribution in [2.24, 2.45) is 5.92 Å². The van der Waals surface area contributed by atoms with Crippen LogP contribution in [-0.2, 0) is 19.1 Å². The number of methoxy groups -OCH3 is 1. The average Bonchev–Trinajstić information content (AvgIpc) is 3.05. The maximum absolute atomic E-state index is 12.8. The maximum Gasteiger partial charge on any atom is 0.344 e. The van der Waals surface area contributed by atoms with Crippen molar-refractivity contribution in [3.05, 3.63) is 27.6 Å². The molecule has 1 aromatic carbocycles. The largest absolute Gasteiger partial charge is 0.493 e. The van der Waals surface area contributed by atoms with E-state index in [1.807, 2.05) is 0 Å². The predicted molar refractivity (Wildman–Crippen MR) is 128 cm³/mol. The molecule has 0 saturated carbocycles. The van der Waals surface area contributed by atoms with Crippen LogP contribution in [0.3, 0.4) is 0 Å². The summed E-state index contributed by atoms with van der Waals surface area (Å²) in [5, 5.41) is -0.342. The lowest BCUT2D eigenvalue weighted by Gasteiger charge is -2.31. The summed E-state index contributed by atoms with van der Waals surface area (Å²) in [5.74, 6) is -0.350. The summed E-state index contributed by atoms with van der Waals surface area (Å²) >= 11 is 7.07. The molecule has 9 nitrogen and oxygen atoms in total. The van der Waals surface area contributed by atoms with Crippen LogP contribution in [-0.4, -0.2) is 72.8 Å². The molecule has 0 unspecified atom stereocenters. The van der Waals surface area contributed by atoms with Gasteiger partial charge in [-0.15, -0.1) is 0 Å². The highest BCUT2D eigenvalue weighted by Crippen LogP contribution is 2.39. The molecule has 0 bridgehead atoms. The summed E-state index contributed by atoms with van der Waals surface area (Å²) in [4.78, 5) is 52.3. The molecule has 184 valence electrons. The number of hydrogen-bond donors (Lipinski definition) is 0. The van der Waals surface area contributed by atoms with Gasteiger partial charge in [0.15, 0.2) is 18.1 Å². The monoisotopic (exact) mass is 510 g/mol. The molecule has 0 aromatic heterocycles. The zero-order valence-corrected chi connectivity index (χ0v) is 20.9. The van der Waals surface area contributed by atoms with Crippen LogP contribution in [0.5, 0.6) is 11.5 Å². The van der Waals surface area contributed by atoms with Gasteiger partial charge in [-0.05, 0) is 61.2 Å². The zero-order valence-electron chi connectivity index (χ0n) is 19.3. The molecule has 0 atom stereocenters. The lowest BCUT2D eigenvalue weighted by Crippen LogP contribution is -2.45. The Morgan fingerprint density at radius 3 is 2.59 bits per heavy atom. The van der Waals surface area contributed by atoms with Gasteiger partial charge in [-0.2, -0.15) is 0 Å². The van der Waals surface area contributed by atoms with Crippen molar-refractivity contribution in [1.82, 2.24) is 9.80 Å². The van der Waals surface area contributed by atoms with E-state index in [0.717, 1.165) is 29.5 Å². The number of piperidine rings is 1. The van der Waals surface area contributed by atoms with Crippen molar-refractivity contribution >= 4 is 52.5 Å². The van der Waals surface area contributed by atoms with Crippen LogP contribution in [0, 0.1) is 5.92 Å². The Hall–Kier alpha value is -2.72. The Morgan fingerprint density at radius 2 is 1.94 bits per heavy atom. The van der Waals surface area contributed by atoms with Gasteiger partial charge in [0.05, 0.1) is 23.6 Å². The first-order valence-corrected chi connectivity index (χ1v) is 12.1. The van der Waals surface area contributed by atoms with E-state index in [0.29, 0.717) is 24.6 Å². The number of carbonyl (C=O) groups is 4. The maximum atomic E-state index is 12.8. The van der Waals surface area contributed by atoms with Gasteiger partial charge in [0.1, 0.15) is 6.54 Å². The fourth-order valence-corrected chi connectivity index (χ4v) is 4.69. The minimum atomic E-state index is -0.549. The number of benzene rings is 1. The van der Waals surface area contributed by atoms with Crippen molar-refractivity contribution in [2.45, 2.75) is 26.7 Å². The van der Waals surface area contributed by atoms with Gasteiger partial charge < -0.3 is 19.1 Å². The third kappa shape index (κ3) is 6.24. The molecule has 2 aliphatic rings.